The Kier molecular flexibility index (Phi) is 4.03. The third-order valence-corrected chi connectivity index (χ3v) is 4.74. The minimum atomic E-state index is -0.374. The highest BCUT2D eigenvalue weighted by Crippen LogP contribution is 2.29. The van der Waals surface area contributed by atoms with Crippen molar-refractivity contribution >= 4 is 0 Å². The van der Waals surface area contributed by atoms with E-state index in [4.69, 9.17) is 0 Å². The van der Waals surface area contributed by atoms with Crippen LogP contribution in [-0.2, 0) is 0 Å². The van der Waals surface area contributed by atoms with Crippen molar-refractivity contribution in [3.8, 4) is 0 Å². The summed E-state index contributed by atoms with van der Waals surface area (Å²) in [6.07, 6.45) is 4.89. The van der Waals surface area contributed by atoms with Crippen LogP contribution in [0.4, 0.5) is 8.78 Å². The van der Waals surface area contributed by atoms with Crippen LogP contribution in [0.1, 0.15) is 44.2 Å². The number of hydrogen-bond donors (Lipinski definition) is 1. The van der Waals surface area contributed by atoms with Crippen LogP contribution in [-0.4, -0.2) is 30.1 Å². The second-order valence-corrected chi connectivity index (χ2v) is 6.05. The lowest BCUT2D eigenvalue weighted by Crippen LogP contribution is -2.45. The Labute approximate surface area is 119 Å². The van der Waals surface area contributed by atoms with Crippen LogP contribution >= 0.6 is 0 Å². The minimum Gasteiger partial charge on any atom is -0.306 e. The van der Waals surface area contributed by atoms with Crippen molar-refractivity contribution in [3.05, 3.63) is 35.4 Å². The zero-order valence-electron chi connectivity index (χ0n) is 11.9. The SMILES string of the molecule is CC(NC1CCN2CCCCC12)c1cc(F)ccc1F. The molecule has 1 N–H and O–H groups in total. The number of halogens is 2. The molecule has 2 saturated heterocycles. The van der Waals surface area contributed by atoms with Crippen molar-refractivity contribution in [2.24, 2.45) is 0 Å². The number of benzene rings is 1. The van der Waals surface area contributed by atoms with Gasteiger partial charge in [0.25, 0.3) is 0 Å². The van der Waals surface area contributed by atoms with Gasteiger partial charge in [-0.1, -0.05) is 6.42 Å². The Morgan fingerprint density at radius 1 is 1.20 bits per heavy atom. The van der Waals surface area contributed by atoms with Gasteiger partial charge in [-0.2, -0.15) is 0 Å². The van der Waals surface area contributed by atoms with Crippen LogP contribution in [0.5, 0.6) is 0 Å². The summed E-state index contributed by atoms with van der Waals surface area (Å²) in [5, 5.41) is 3.51. The summed E-state index contributed by atoms with van der Waals surface area (Å²) in [6.45, 7) is 4.23. The zero-order valence-corrected chi connectivity index (χ0v) is 11.9. The van der Waals surface area contributed by atoms with Crippen molar-refractivity contribution in [2.45, 2.75) is 50.7 Å². The van der Waals surface area contributed by atoms with E-state index in [9.17, 15) is 8.78 Å². The molecule has 2 fully saturated rings. The molecular weight excluding hydrogens is 258 g/mol. The van der Waals surface area contributed by atoms with Gasteiger partial charge in [-0.25, -0.2) is 8.78 Å². The van der Waals surface area contributed by atoms with Crippen LogP contribution in [0.25, 0.3) is 0 Å². The first-order chi connectivity index (χ1) is 9.65. The second-order valence-electron chi connectivity index (χ2n) is 6.05. The maximum atomic E-state index is 13.8. The molecule has 110 valence electrons. The summed E-state index contributed by atoms with van der Waals surface area (Å²) in [7, 11) is 0. The Bertz CT molecular complexity index is 478. The van der Waals surface area contributed by atoms with E-state index in [1.54, 1.807) is 0 Å². The quantitative estimate of drug-likeness (QED) is 0.914. The van der Waals surface area contributed by atoms with E-state index in [-0.39, 0.29) is 17.7 Å². The first-order valence-corrected chi connectivity index (χ1v) is 7.60. The van der Waals surface area contributed by atoms with Crippen LogP contribution < -0.4 is 5.32 Å². The fourth-order valence-corrected chi connectivity index (χ4v) is 3.70. The highest BCUT2D eigenvalue weighted by atomic mass is 19.1. The molecule has 0 radical (unpaired) electrons. The third-order valence-electron chi connectivity index (χ3n) is 4.74. The molecule has 0 amide bonds. The van der Waals surface area contributed by atoms with Crippen molar-refractivity contribution in [3.63, 3.8) is 0 Å². The average molecular weight is 280 g/mol. The molecule has 0 bridgehead atoms. The van der Waals surface area contributed by atoms with Crippen molar-refractivity contribution < 1.29 is 8.78 Å². The van der Waals surface area contributed by atoms with Gasteiger partial charge in [-0.15, -0.1) is 0 Å². The lowest BCUT2D eigenvalue weighted by atomic mass is 9.97. The molecule has 20 heavy (non-hydrogen) atoms. The molecule has 2 heterocycles. The lowest BCUT2D eigenvalue weighted by molar-refractivity contribution is 0.177. The van der Waals surface area contributed by atoms with Crippen molar-refractivity contribution in [1.29, 1.82) is 0 Å². The molecule has 2 aliphatic heterocycles. The monoisotopic (exact) mass is 280 g/mol. The maximum Gasteiger partial charge on any atom is 0.128 e. The van der Waals surface area contributed by atoms with E-state index < -0.39 is 0 Å². The Balaban J connectivity index is 1.69. The molecule has 3 rings (SSSR count). The van der Waals surface area contributed by atoms with E-state index in [1.165, 1.54) is 44.0 Å². The predicted molar refractivity (Wildman–Crippen MR) is 75.5 cm³/mol. The number of nitrogens with one attached hydrogen (secondary N) is 1. The second kappa shape index (κ2) is 5.78. The maximum absolute atomic E-state index is 13.8. The predicted octanol–water partition coefficient (Wildman–Crippen LogP) is 3.24. The number of piperidine rings is 1. The van der Waals surface area contributed by atoms with Crippen molar-refractivity contribution in [2.75, 3.05) is 13.1 Å². The van der Waals surface area contributed by atoms with E-state index in [0.29, 0.717) is 17.6 Å². The number of fused-ring (bicyclic) bond motifs is 1. The molecule has 0 aromatic heterocycles. The topological polar surface area (TPSA) is 15.3 Å². The average Bonchev–Trinajstić information content (AvgIpc) is 2.85. The van der Waals surface area contributed by atoms with Gasteiger partial charge in [0.2, 0.25) is 0 Å². The van der Waals surface area contributed by atoms with Gasteiger partial charge in [-0.05, 0) is 50.9 Å². The standard InChI is InChI=1S/C16H22F2N2/c1-11(13-10-12(17)5-6-14(13)18)19-15-7-9-20-8-3-2-4-16(15)20/h5-6,10-11,15-16,19H,2-4,7-9H2,1H3. The first-order valence-electron chi connectivity index (χ1n) is 7.60. The summed E-state index contributed by atoms with van der Waals surface area (Å²) in [5.41, 5.74) is 0.430. The van der Waals surface area contributed by atoms with Gasteiger partial charge in [-0.3, -0.25) is 4.90 Å². The van der Waals surface area contributed by atoms with E-state index in [2.05, 4.69) is 10.2 Å². The van der Waals surface area contributed by atoms with E-state index in [0.717, 1.165) is 13.0 Å². The van der Waals surface area contributed by atoms with Gasteiger partial charge in [0.15, 0.2) is 0 Å². The molecule has 3 atom stereocenters. The van der Waals surface area contributed by atoms with Gasteiger partial charge in [0.1, 0.15) is 11.6 Å². The molecule has 0 saturated carbocycles. The van der Waals surface area contributed by atoms with Crippen molar-refractivity contribution in [1.82, 2.24) is 10.2 Å². The van der Waals surface area contributed by atoms with Gasteiger partial charge in [0.05, 0.1) is 0 Å². The number of rotatable bonds is 3. The minimum absolute atomic E-state index is 0.155. The highest BCUT2D eigenvalue weighted by molar-refractivity contribution is 5.22. The molecular formula is C16H22F2N2. The van der Waals surface area contributed by atoms with Gasteiger partial charge in [0, 0.05) is 30.2 Å². The van der Waals surface area contributed by atoms with E-state index >= 15 is 0 Å². The Hall–Kier alpha value is -1.00. The smallest absolute Gasteiger partial charge is 0.128 e. The molecule has 0 spiro atoms. The molecule has 1 aromatic rings. The summed E-state index contributed by atoms with van der Waals surface area (Å²) in [4.78, 5) is 2.54. The molecule has 1 aromatic carbocycles. The van der Waals surface area contributed by atoms with Crippen LogP contribution in [0.2, 0.25) is 0 Å². The summed E-state index contributed by atoms with van der Waals surface area (Å²) in [6, 6.07) is 4.50. The third kappa shape index (κ3) is 2.72. The lowest BCUT2D eigenvalue weighted by Gasteiger charge is -2.34. The van der Waals surface area contributed by atoms with Crippen LogP contribution in [0.15, 0.2) is 18.2 Å². The van der Waals surface area contributed by atoms with Crippen LogP contribution in [0, 0.1) is 11.6 Å². The molecule has 0 aliphatic carbocycles. The fraction of sp³-hybridized carbons (Fsp3) is 0.625. The number of nitrogens with zero attached hydrogens (tertiary/aromatic N) is 1. The van der Waals surface area contributed by atoms with Gasteiger partial charge < -0.3 is 5.32 Å². The van der Waals surface area contributed by atoms with E-state index in [1.807, 2.05) is 6.92 Å². The molecule has 2 aliphatic rings. The normalized spacial score (nSPS) is 28.4. The summed E-state index contributed by atoms with van der Waals surface area (Å²) < 4.78 is 27.1. The molecule has 4 heteroatoms. The fourth-order valence-electron chi connectivity index (χ4n) is 3.70. The number of hydrogen-bond acceptors (Lipinski definition) is 2. The van der Waals surface area contributed by atoms with Gasteiger partial charge >= 0.3 is 0 Å². The van der Waals surface area contributed by atoms with Crippen LogP contribution in [0.3, 0.4) is 0 Å². The molecule has 3 unspecified atom stereocenters. The Morgan fingerprint density at radius 2 is 2.05 bits per heavy atom. The Morgan fingerprint density at radius 3 is 2.90 bits per heavy atom. The largest absolute Gasteiger partial charge is 0.306 e. The highest BCUT2D eigenvalue weighted by Gasteiger charge is 2.36. The molecule has 2 nitrogen and oxygen atoms in total. The zero-order chi connectivity index (χ0) is 14.1. The first kappa shape index (κ1) is 14.0. The summed E-state index contributed by atoms with van der Waals surface area (Å²) >= 11 is 0. The summed E-state index contributed by atoms with van der Waals surface area (Å²) in [5.74, 6) is -0.703.